The monoisotopic (exact) mass is 483 g/mol. The number of nitrogens with one attached hydrogen (secondary N) is 1. The largest absolute Gasteiger partial charge is 0.476 e. The van der Waals surface area contributed by atoms with E-state index in [9.17, 15) is 9.59 Å². The van der Waals surface area contributed by atoms with Gasteiger partial charge in [0.25, 0.3) is 5.91 Å². The van der Waals surface area contributed by atoms with Gasteiger partial charge < -0.3 is 14.5 Å². The summed E-state index contributed by atoms with van der Waals surface area (Å²) in [6, 6.07) is 24.3. The molecular formula is C29H22ClNO4. The van der Waals surface area contributed by atoms with E-state index < -0.39 is 5.91 Å². The predicted octanol–water partition coefficient (Wildman–Crippen LogP) is 6.90. The first-order valence-electron chi connectivity index (χ1n) is 11.1. The molecule has 35 heavy (non-hydrogen) atoms. The van der Waals surface area contributed by atoms with Gasteiger partial charge in [0.15, 0.2) is 12.4 Å². The fraction of sp³-hybridized carbons (Fsp3) is 0.103. The van der Waals surface area contributed by atoms with Crippen LogP contribution in [0.25, 0.3) is 33.1 Å². The van der Waals surface area contributed by atoms with Crippen molar-refractivity contribution in [1.29, 1.82) is 0 Å². The lowest BCUT2D eigenvalue weighted by atomic mass is 10.1. The number of halogens is 1. The van der Waals surface area contributed by atoms with Crippen LogP contribution < -0.4 is 15.5 Å². The average Bonchev–Trinajstić information content (AvgIpc) is 2.85. The zero-order valence-corrected chi connectivity index (χ0v) is 20.0. The molecule has 0 saturated heterocycles. The van der Waals surface area contributed by atoms with Gasteiger partial charge in [0.05, 0.1) is 5.39 Å². The molecule has 0 aliphatic carbocycles. The molecule has 0 saturated carbocycles. The highest BCUT2D eigenvalue weighted by Crippen LogP contribution is 2.33. The van der Waals surface area contributed by atoms with E-state index in [-0.39, 0.29) is 23.5 Å². The number of hydrogen-bond acceptors (Lipinski definition) is 4. The molecule has 174 valence electrons. The Morgan fingerprint density at radius 2 is 1.69 bits per heavy atom. The molecule has 1 heterocycles. The summed E-state index contributed by atoms with van der Waals surface area (Å²) in [7, 11) is 0. The summed E-state index contributed by atoms with van der Waals surface area (Å²) in [6.07, 6.45) is 0. The Kier molecular flexibility index (Phi) is 6.01. The van der Waals surface area contributed by atoms with Gasteiger partial charge in [0, 0.05) is 21.7 Å². The number of amides is 1. The number of aryl methyl sites for hydroxylation is 2. The Morgan fingerprint density at radius 3 is 2.49 bits per heavy atom. The Bertz CT molecular complexity index is 1630. The molecule has 0 spiro atoms. The van der Waals surface area contributed by atoms with Crippen LogP contribution in [-0.2, 0) is 4.79 Å². The smallest absolute Gasteiger partial charge is 0.262 e. The van der Waals surface area contributed by atoms with E-state index in [0.717, 1.165) is 21.9 Å². The first kappa shape index (κ1) is 22.7. The topological polar surface area (TPSA) is 68.5 Å². The van der Waals surface area contributed by atoms with Crippen LogP contribution in [0.3, 0.4) is 0 Å². The lowest BCUT2D eigenvalue weighted by molar-refractivity contribution is -0.118. The van der Waals surface area contributed by atoms with Crippen LogP contribution >= 0.6 is 11.6 Å². The Balaban J connectivity index is 1.51. The average molecular weight is 484 g/mol. The molecule has 0 fully saturated rings. The van der Waals surface area contributed by atoms with Crippen molar-refractivity contribution in [2.24, 2.45) is 0 Å². The van der Waals surface area contributed by atoms with Crippen LogP contribution in [0.1, 0.15) is 11.1 Å². The third-order valence-electron chi connectivity index (χ3n) is 5.86. The maximum atomic E-state index is 13.4. The molecule has 0 radical (unpaired) electrons. The molecule has 6 heteroatoms. The van der Waals surface area contributed by atoms with Crippen LogP contribution in [0, 0.1) is 13.8 Å². The summed E-state index contributed by atoms with van der Waals surface area (Å²) in [5.41, 5.74) is 3.22. The Labute approximate surface area is 206 Å². The maximum Gasteiger partial charge on any atom is 0.262 e. The van der Waals surface area contributed by atoms with Gasteiger partial charge in [-0.3, -0.25) is 9.59 Å². The molecule has 5 nitrogen and oxygen atoms in total. The summed E-state index contributed by atoms with van der Waals surface area (Å²) in [4.78, 5) is 26.2. The summed E-state index contributed by atoms with van der Waals surface area (Å²) >= 11 is 6.27. The third-order valence-corrected chi connectivity index (χ3v) is 6.26. The van der Waals surface area contributed by atoms with Gasteiger partial charge in [-0.1, -0.05) is 77.8 Å². The zero-order valence-electron chi connectivity index (χ0n) is 19.2. The minimum atomic E-state index is -0.391. The number of hydrogen-bond donors (Lipinski definition) is 1. The Morgan fingerprint density at radius 1 is 0.943 bits per heavy atom. The van der Waals surface area contributed by atoms with Gasteiger partial charge in [0.1, 0.15) is 5.58 Å². The van der Waals surface area contributed by atoms with Gasteiger partial charge in [-0.05, 0) is 43.0 Å². The summed E-state index contributed by atoms with van der Waals surface area (Å²) < 4.78 is 11.9. The van der Waals surface area contributed by atoms with E-state index in [1.54, 1.807) is 12.1 Å². The van der Waals surface area contributed by atoms with Crippen molar-refractivity contribution in [3.63, 3.8) is 0 Å². The number of benzene rings is 4. The summed E-state index contributed by atoms with van der Waals surface area (Å²) in [6.45, 7) is 3.45. The van der Waals surface area contributed by atoms with Crippen LogP contribution in [0.5, 0.6) is 5.75 Å². The van der Waals surface area contributed by atoms with Crippen LogP contribution in [0.2, 0.25) is 5.02 Å². The van der Waals surface area contributed by atoms with Crippen LogP contribution in [0.4, 0.5) is 5.69 Å². The first-order chi connectivity index (χ1) is 16.9. The van der Waals surface area contributed by atoms with Crippen molar-refractivity contribution < 1.29 is 13.9 Å². The standard InChI is InChI=1S/C29H22ClNO4/c1-17-10-12-20(13-11-17)28-29(27(33)22-15-23(30)18(2)14-25(22)35-28)34-16-26(32)31-24-9-5-7-19-6-3-4-8-21(19)24/h3-15H,16H2,1-2H3,(H,31,32). The molecule has 1 aromatic heterocycles. The van der Waals surface area contributed by atoms with Gasteiger partial charge in [-0.2, -0.15) is 0 Å². The van der Waals surface area contributed by atoms with Crippen molar-refractivity contribution in [2.75, 3.05) is 11.9 Å². The highest BCUT2D eigenvalue weighted by molar-refractivity contribution is 6.32. The second-order valence-electron chi connectivity index (χ2n) is 8.42. The molecule has 5 rings (SSSR count). The summed E-state index contributed by atoms with van der Waals surface area (Å²) in [5.74, 6) is -0.158. The number of rotatable bonds is 5. The number of carbonyl (C=O) groups excluding carboxylic acids is 1. The van der Waals surface area contributed by atoms with Crippen LogP contribution in [-0.4, -0.2) is 12.5 Å². The quantitative estimate of drug-likeness (QED) is 0.295. The number of anilines is 1. The molecule has 0 unspecified atom stereocenters. The first-order valence-corrected chi connectivity index (χ1v) is 11.5. The van der Waals surface area contributed by atoms with Crippen molar-refractivity contribution in [1.82, 2.24) is 0 Å². The third kappa shape index (κ3) is 4.51. The van der Waals surface area contributed by atoms with Crippen LogP contribution in [0.15, 0.2) is 88.1 Å². The molecule has 0 bridgehead atoms. The van der Waals surface area contributed by atoms with E-state index >= 15 is 0 Å². The molecule has 5 aromatic rings. The number of carbonyl (C=O) groups is 1. The second-order valence-corrected chi connectivity index (χ2v) is 8.82. The van der Waals surface area contributed by atoms with Crippen molar-refractivity contribution >= 4 is 44.9 Å². The summed E-state index contributed by atoms with van der Waals surface area (Å²) in [5, 5.41) is 5.55. The van der Waals surface area contributed by atoms with E-state index in [2.05, 4.69) is 5.32 Å². The lowest BCUT2D eigenvalue weighted by Gasteiger charge is -2.13. The van der Waals surface area contributed by atoms with E-state index in [4.69, 9.17) is 20.8 Å². The van der Waals surface area contributed by atoms with Gasteiger partial charge >= 0.3 is 0 Å². The minimum absolute atomic E-state index is 0.0330. The molecule has 0 aliphatic heterocycles. The Hall–Kier alpha value is -4.09. The van der Waals surface area contributed by atoms with E-state index in [0.29, 0.717) is 27.2 Å². The highest BCUT2D eigenvalue weighted by Gasteiger charge is 2.20. The number of ether oxygens (including phenoxy) is 1. The fourth-order valence-corrected chi connectivity index (χ4v) is 4.15. The molecule has 4 aromatic carbocycles. The lowest BCUT2D eigenvalue weighted by Crippen LogP contribution is -2.22. The predicted molar refractivity (Wildman–Crippen MR) is 140 cm³/mol. The molecular weight excluding hydrogens is 462 g/mol. The number of fused-ring (bicyclic) bond motifs is 2. The SMILES string of the molecule is Cc1ccc(-c2oc3cc(C)c(Cl)cc3c(=O)c2OCC(=O)Nc2cccc3ccccc23)cc1. The second kappa shape index (κ2) is 9.28. The van der Waals surface area contributed by atoms with Crippen molar-refractivity contribution in [3.05, 3.63) is 105 Å². The zero-order chi connectivity index (χ0) is 24.5. The normalized spacial score (nSPS) is 11.1. The highest BCUT2D eigenvalue weighted by atomic mass is 35.5. The van der Waals surface area contributed by atoms with Gasteiger partial charge in [-0.15, -0.1) is 0 Å². The fourth-order valence-electron chi connectivity index (χ4n) is 3.98. The van der Waals surface area contributed by atoms with Gasteiger partial charge in [-0.25, -0.2) is 0 Å². The molecule has 0 aliphatic rings. The van der Waals surface area contributed by atoms with Crippen molar-refractivity contribution in [2.45, 2.75) is 13.8 Å². The van der Waals surface area contributed by atoms with Crippen molar-refractivity contribution in [3.8, 4) is 17.1 Å². The molecule has 1 amide bonds. The van der Waals surface area contributed by atoms with E-state index in [1.807, 2.05) is 80.6 Å². The van der Waals surface area contributed by atoms with Gasteiger partial charge in [0.2, 0.25) is 11.2 Å². The maximum absolute atomic E-state index is 13.4. The van der Waals surface area contributed by atoms with E-state index in [1.165, 1.54) is 0 Å². The molecule has 0 atom stereocenters. The molecule has 1 N–H and O–H groups in total. The minimum Gasteiger partial charge on any atom is -0.476 e.